The van der Waals surface area contributed by atoms with Crippen LogP contribution >= 0.6 is 11.6 Å². The van der Waals surface area contributed by atoms with Gasteiger partial charge in [-0.05, 0) is 39.0 Å². The van der Waals surface area contributed by atoms with Gasteiger partial charge in [0.15, 0.2) is 5.84 Å². The summed E-state index contributed by atoms with van der Waals surface area (Å²) < 4.78 is 5.68. The Labute approximate surface area is 99.7 Å². The Balaban J connectivity index is 3.19. The van der Waals surface area contributed by atoms with Crippen molar-refractivity contribution in [3.05, 3.63) is 28.8 Å². The van der Waals surface area contributed by atoms with Crippen molar-refractivity contribution >= 4 is 17.4 Å². The fourth-order valence-electron chi connectivity index (χ4n) is 1.18. The molecule has 0 saturated carbocycles. The highest BCUT2D eigenvalue weighted by Gasteiger charge is 2.16. The molecule has 0 aliphatic carbocycles. The van der Waals surface area contributed by atoms with Crippen molar-refractivity contribution in [2.75, 3.05) is 0 Å². The first-order valence-corrected chi connectivity index (χ1v) is 5.18. The molecule has 0 saturated heterocycles. The first-order valence-electron chi connectivity index (χ1n) is 4.80. The molecule has 0 aromatic heterocycles. The minimum absolute atomic E-state index is 0.00378. The van der Waals surface area contributed by atoms with Crippen LogP contribution in [0.4, 0.5) is 0 Å². The molecule has 1 aromatic carbocycles. The van der Waals surface area contributed by atoms with Crippen LogP contribution in [-0.4, -0.2) is 16.6 Å². The summed E-state index contributed by atoms with van der Waals surface area (Å²) in [5.74, 6) is 0.492. The molecule has 0 bridgehead atoms. The summed E-state index contributed by atoms with van der Waals surface area (Å²) in [6, 6.07) is 4.95. The van der Waals surface area contributed by atoms with E-state index >= 15 is 0 Å². The second kappa shape index (κ2) is 4.61. The molecule has 4 nitrogen and oxygen atoms in total. The number of rotatable bonds is 2. The molecule has 5 heteroatoms. The minimum Gasteiger partial charge on any atom is -0.487 e. The van der Waals surface area contributed by atoms with Crippen LogP contribution in [-0.2, 0) is 0 Å². The summed E-state index contributed by atoms with van der Waals surface area (Å²) in [5, 5.41) is 12.1. The predicted molar refractivity (Wildman–Crippen MR) is 64.3 cm³/mol. The molecular formula is C11H15ClN2O2. The molecule has 0 amide bonds. The molecule has 16 heavy (non-hydrogen) atoms. The van der Waals surface area contributed by atoms with E-state index in [9.17, 15) is 0 Å². The number of amidine groups is 1. The van der Waals surface area contributed by atoms with Crippen LogP contribution in [0.25, 0.3) is 0 Å². The van der Waals surface area contributed by atoms with E-state index in [-0.39, 0.29) is 11.4 Å². The van der Waals surface area contributed by atoms with E-state index in [2.05, 4.69) is 5.16 Å². The average Bonchev–Trinajstić information content (AvgIpc) is 2.14. The number of ether oxygens (including phenoxy) is 1. The summed E-state index contributed by atoms with van der Waals surface area (Å²) in [7, 11) is 0. The Bertz CT molecular complexity index is 411. The van der Waals surface area contributed by atoms with E-state index < -0.39 is 0 Å². The largest absolute Gasteiger partial charge is 0.487 e. The molecule has 0 radical (unpaired) electrons. The standard InChI is InChI=1S/C11H15ClN2O2/c1-11(2,3)16-9-6-7(12)4-5-8(9)10(13)14-15/h4-6,15H,1-3H3,(H2,13,14). The van der Waals surface area contributed by atoms with Gasteiger partial charge in [-0.15, -0.1) is 0 Å². The number of halogens is 1. The maximum atomic E-state index is 8.65. The van der Waals surface area contributed by atoms with Gasteiger partial charge in [-0.25, -0.2) is 0 Å². The maximum Gasteiger partial charge on any atom is 0.173 e. The molecule has 88 valence electrons. The summed E-state index contributed by atoms with van der Waals surface area (Å²) in [6.07, 6.45) is 0. The summed E-state index contributed by atoms with van der Waals surface area (Å²) in [5.41, 5.74) is 5.68. The summed E-state index contributed by atoms with van der Waals surface area (Å²) in [6.45, 7) is 5.72. The van der Waals surface area contributed by atoms with E-state index in [1.165, 1.54) is 0 Å². The van der Waals surface area contributed by atoms with Crippen LogP contribution in [0.2, 0.25) is 5.02 Å². The van der Waals surface area contributed by atoms with Gasteiger partial charge in [-0.1, -0.05) is 16.8 Å². The van der Waals surface area contributed by atoms with Gasteiger partial charge in [0.2, 0.25) is 0 Å². The SMILES string of the molecule is CC(C)(C)Oc1cc(Cl)ccc1C(N)=NO. The first-order chi connectivity index (χ1) is 7.33. The highest BCUT2D eigenvalue weighted by Crippen LogP contribution is 2.26. The van der Waals surface area contributed by atoms with Crippen molar-refractivity contribution in [1.29, 1.82) is 0 Å². The molecule has 1 aromatic rings. The zero-order valence-electron chi connectivity index (χ0n) is 9.49. The van der Waals surface area contributed by atoms with Gasteiger partial charge < -0.3 is 15.7 Å². The second-order valence-corrected chi connectivity index (χ2v) is 4.78. The molecule has 0 aliphatic heterocycles. The highest BCUT2D eigenvalue weighted by molar-refractivity contribution is 6.30. The first kappa shape index (κ1) is 12.6. The zero-order valence-corrected chi connectivity index (χ0v) is 10.2. The molecule has 0 aliphatic rings. The van der Waals surface area contributed by atoms with Crippen LogP contribution in [0.1, 0.15) is 26.3 Å². The van der Waals surface area contributed by atoms with Gasteiger partial charge in [-0.3, -0.25) is 0 Å². The third kappa shape index (κ3) is 3.31. The Morgan fingerprint density at radius 2 is 2.06 bits per heavy atom. The lowest BCUT2D eigenvalue weighted by Crippen LogP contribution is -2.25. The fraction of sp³-hybridized carbons (Fsp3) is 0.364. The molecule has 1 rings (SSSR count). The smallest absolute Gasteiger partial charge is 0.173 e. The topological polar surface area (TPSA) is 67.8 Å². The van der Waals surface area contributed by atoms with E-state index in [1.54, 1.807) is 18.2 Å². The van der Waals surface area contributed by atoms with Crippen molar-refractivity contribution in [3.8, 4) is 5.75 Å². The molecule has 0 unspecified atom stereocenters. The average molecular weight is 243 g/mol. The molecule has 0 spiro atoms. The van der Waals surface area contributed by atoms with Gasteiger partial charge in [0.1, 0.15) is 11.4 Å². The summed E-state index contributed by atoms with van der Waals surface area (Å²) >= 11 is 5.87. The summed E-state index contributed by atoms with van der Waals surface area (Å²) in [4.78, 5) is 0. The van der Waals surface area contributed by atoms with Gasteiger partial charge >= 0.3 is 0 Å². The Hall–Kier alpha value is -1.42. The third-order valence-corrected chi connectivity index (χ3v) is 1.98. The maximum absolute atomic E-state index is 8.65. The highest BCUT2D eigenvalue weighted by atomic mass is 35.5. The van der Waals surface area contributed by atoms with Gasteiger partial charge in [0.05, 0.1) is 5.56 Å². The number of hydrogen-bond acceptors (Lipinski definition) is 3. The van der Waals surface area contributed by atoms with Crippen molar-refractivity contribution in [2.24, 2.45) is 10.9 Å². The molecule has 0 fully saturated rings. The number of benzene rings is 1. The molecule has 0 heterocycles. The van der Waals surface area contributed by atoms with E-state index in [4.69, 9.17) is 27.3 Å². The molecule has 0 atom stereocenters. The van der Waals surface area contributed by atoms with E-state index in [1.807, 2.05) is 20.8 Å². The number of hydrogen-bond donors (Lipinski definition) is 2. The lowest BCUT2D eigenvalue weighted by atomic mass is 10.1. The molecular weight excluding hydrogens is 228 g/mol. The van der Waals surface area contributed by atoms with Crippen molar-refractivity contribution in [1.82, 2.24) is 0 Å². The van der Waals surface area contributed by atoms with Crippen LogP contribution in [0.15, 0.2) is 23.4 Å². The quantitative estimate of drug-likeness (QED) is 0.363. The predicted octanol–water partition coefficient (Wildman–Crippen LogP) is 2.61. The number of nitrogens with zero attached hydrogens (tertiary/aromatic N) is 1. The number of nitrogens with two attached hydrogens (primary N) is 1. The van der Waals surface area contributed by atoms with Gasteiger partial charge in [0, 0.05) is 5.02 Å². The Kier molecular flexibility index (Phi) is 3.65. The van der Waals surface area contributed by atoms with Crippen molar-refractivity contribution in [2.45, 2.75) is 26.4 Å². The number of oxime groups is 1. The molecule has 3 N–H and O–H groups in total. The van der Waals surface area contributed by atoms with E-state index in [0.29, 0.717) is 16.3 Å². The zero-order chi connectivity index (χ0) is 12.3. The normalized spacial score (nSPS) is 12.6. The third-order valence-electron chi connectivity index (χ3n) is 1.74. The van der Waals surface area contributed by atoms with Crippen molar-refractivity contribution in [3.63, 3.8) is 0 Å². The lowest BCUT2D eigenvalue weighted by molar-refractivity contribution is 0.130. The van der Waals surface area contributed by atoms with Crippen LogP contribution in [0.3, 0.4) is 0 Å². The lowest BCUT2D eigenvalue weighted by Gasteiger charge is -2.23. The Morgan fingerprint density at radius 1 is 1.44 bits per heavy atom. The van der Waals surface area contributed by atoms with E-state index in [0.717, 1.165) is 0 Å². The van der Waals surface area contributed by atoms with Crippen LogP contribution < -0.4 is 10.5 Å². The minimum atomic E-state index is -0.380. The second-order valence-electron chi connectivity index (χ2n) is 4.34. The van der Waals surface area contributed by atoms with Gasteiger partial charge in [-0.2, -0.15) is 0 Å². The fourth-order valence-corrected chi connectivity index (χ4v) is 1.34. The van der Waals surface area contributed by atoms with Crippen LogP contribution in [0, 0.1) is 0 Å². The van der Waals surface area contributed by atoms with Crippen LogP contribution in [0.5, 0.6) is 5.75 Å². The Morgan fingerprint density at radius 3 is 2.56 bits per heavy atom. The van der Waals surface area contributed by atoms with Crippen molar-refractivity contribution < 1.29 is 9.94 Å². The monoisotopic (exact) mass is 242 g/mol. The van der Waals surface area contributed by atoms with Gasteiger partial charge in [0.25, 0.3) is 0 Å².